The van der Waals surface area contributed by atoms with Crippen molar-refractivity contribution in [2.45, 2.75) is 13.8 Å². The van der Waals surface area contributed by atoms with Crippen molar-refractivity contribution in [3.05, 3.63) is 127 Å². The molecule has 0 radical (unpaired) electrons. The summed E-state index contributed by atoms with van der Waals surface area (Å²) in [6.07, 6.45) is 3.86. The Morgan fingerprint density at radius 1 is 0.636 bits per heavy atom. The summed E-state index contributed by atoms with van der Waals surface area (Å²) in [5, 5.41) is 6.09. The Morgan fingerprint density at radius 3 is 2.11 bits per heavy atom. The first-order chi connectivity index (χ1) is 21.1. The summed E-state index contributed by atoms with van der Waals surface area (Å²) in [6.45, 7) is 4.16. The number of para-hydroxylation sites is 1. The van der Waals surface area contributed by atoms with Crippen molar-refractivity contribution >= 4 is 54.8 Å². The number of ether oxygens (including phenoxy) is 1. The minimum absolute atomic E-state index is 0. The summed E-state index contributed by atoms with van der Waals surface area (Å²) in [4.78, 5) is 14.7. The molecule has 9 aromatic rings. The van der Waals surface area contributed by atoms with E-state index in [9.17, 15) is 0 Å². The molecule has 4 aromatic carbocycles. The average Bonchev–Trinajstić information content (AvgIpc) is 3.64. The minimum atomic E-state index is 0. The molecule has 0 atom stereocenters. The Morgan fingerprint density at radius 2 is 1.32 bits per heavy atom. The van der Waals surface area contributed by atoms with E-state index < -0.39 is 0 Å². The van der Waals surface area contributed by atoms with Gasteiger partial charge in [-0.15, -0.1) is 12.1 Å². The number of rotatable bonds is 3. The zero-order valence-corrected chi connectivity index (χ0v) is 26.0. The number of aryl methyl sites for hydroxylation is 2. The molecule has 0 spiro atoms. The summed E-state index contributed by atoms with van der Waals surface area (Å²) in [6, 6.07) is 37.8. The van der Waals surface area contributed by atoms with E-state index in [1.807, 2.05) is 60.1 Å². The monoisotopic (exact) mass is 748 g/mol. The van der Waals surface area contributed by atoms with Crippen molar-refractivity contribution in [3.8, 4) is 22.8 Å². The van der Waals surface area contributed by atoms with Gasteiger partial charge in [-0.05, 0) is 36.8 Å². The fraction of sp³-hybridized carbons (Fsp3) is 0.0541. The first-order valence-corrected chi connectivity index (χ1v) is 14.2. The molecule has 0 fully saturated rings. The quantitative estimate of drug-likeness (QED) is 0.134. The molecule has 0 aliphatic heterocycles. The van der Waals surface area contributed by atoms with Crippen LogP contribution in [0, 0.1) is 26.0 Å². The second-order valence-electron chi connectivity index (χ2n) is 10.8. The molecule has 0 N–H and O–H groups in total. The Hall–Kier alpha value is -5.06. The van der Waals surface area contributed by atoms with Crippen LogP contribution in [0.5, 0.6) is 11.5 Å². The minimum Gasteiger partial charge on any atom is -0.497 e. The van der Waals surface area contributed by atoms with Crippen LogP contribution in [0.3, 0.4) is 0 Å². The van der Waals surface area contributed by atoms with Crippen molar-refractivity contribution in [3.63, 3.8) is 0 Å². The van der Waals surface area contributed by atoms with Gasteiger partial charge in [0, 0.05) is 46.4 Å². The number of hydrogen-bond donors (Lipinski definition) is 0. The Balaban J connectivity index is 0.00000289. The first-order valence-electron chi connectivity index (χ1n) is 14.2. The Kier molecular flexibility index (Phi) is 6.04. The number of nitrogens with zero attached hydrogens (tertiary/aromatic N) is 5. The predicted molar refractivity (Wildman–Crippen MR) is 171 cm³/mol. The summed E-state index contributed by atoms with van der Waals surface area (Å²) < 4.78 is 10.7. The van der Waals surface area contributed by atoms with Gasteiger partial charge < -0.3 is 13.5 Å². The number of benzene rings is 4. The van der Waals surface area contributed by atoms with Crippen molar-refractivity contribution in [1.29, 1.82) is 0 Å². The molecular weight excluding hydrogens is 726 g/mol. The number of aromatic nitrogens is 5. The van der Waals surface area contributed by atoms with Crippen LogP contribution in [0.15, 0.2) is 103 Å². The predicted octanol–water partition coefficient (Wildman–Crippen LogP) is 8.66. The van der Waals surface area contributed by atoms with Crippen LogP contribution in [0.25, 0.3) is 66.0 Å². The van der Waals surface area contributed by atoms with Crippen molar-refractivity contribution in [1.82, 2.24) is 23.8 Å². The fourth-order valence-corrected chi connectivity index (χ4v) is 6.22. The molecule has 0 saturated carbocycles. The average molecular weight is 749 g/mol. The van der Waals surface area contributed by atoms with Crippen LogP contribution >= 0.6 is 0 Å². The second kappa shape index (κ2) is 10.0. The molecule has 9 rings (SSSR count). The largest absolute Gasteiger partial charge is 2.00 e. The van der Waals surface area contributed by atoms with Crippen molar-refractivity contribution in [2.75, 3.05) is 0 Å². The van der Waals surface area contributed by atoms with Crippen molar-refractivity contribution in [2.24, 2.45) is 0 Å². The van der Waals surface area contributed by atoms with E-state index in [2.05, 4.69) is 78.1 Å². The number of hydrogen-bond acceptors (Lipinski definition) is 4. The maximum Gasteiger partial charge on any atom is 2.00 e. The third-order valence-electron chi connectivity index (χ3n) is 8.37. The molecular formula is C37H23N5OPt. The van der Waals surface area contributed by atoms with Gasteiger partial charge in [-0.2, -0.15) is 0 Å². The van der Waals surface area contributed by atoms with Crippen LogP contribution in [0.2, 0.25) is 0 Å². The van der Waals surface area contributed by atoms with Gasteiger partial charge in [0.2, 0.25) is 0 Å². The molecule has 44 heavy (non-hydrogen) atoms. The van der Waals surface area contributed by atoms with Gasteiger partial charge >= 0.3 is 21.1 Å². The molecule has 0 aliphatic rings. The molecule has 5 heterocycles. The van der Waals surface area contributed by atoms with Gasteiger partial charge in [-0.25, -0.2) is 4.98 Å². The van der Waals surface area contributed by atoms with E-state index in [0.717, 1.165) is 77.4 Å². The smallest absolute Gasteiger partial charge is 0.497 e. The maximum absolute atomic E-state index is 6.44. The van der Waals surface area contributed by atoms with Crippen LogP contribution < -0.4 is 4.74 Å². The molecule has 212 valence electrons. The van der Waals surface area contributed by atoms with Gasteiger partial charge in [0.15, 0.2) is 0 Å². The standard InChI is InChI=1S/C37H23N5O.Pt/c1-22-23(2)42-34-13-7-6-11-29(34)27-16-14-26(20-32(27)37(42)39-22)43-25-15-17-28-30-12-8-18-38-35(30)41-21-33(24-9-4-3-5-10-24)40-36(41)31(28)19-25;/h3-18,21H,1-2H3;/q-2;+2. The Bertz CT molecular complexity index is 2570. The van der Waals surface area contributed by atoms with Crippen LogP contribution in [-0.2, 0) is 21.1 Å². The van der Waals surface area contributed by atoms with Gasteiger partial charge in [0.25, 0.3) is 0 Å². The molecule has 0 aliphatic carbocycles. The maximum atomic E-state index is 6.44. The molecule has 0 amide bonds. The summed E-state index contributed by atoms with van der Waals surface area (Å²) in [5.74, 6) is 1.19. The summed E-state index contributed by atoms with van der Waals surface area (Å²) in [5.41, 5.74) is 7.69. The first kappa shape index (κ1) is 26.6. The fourth-order valence-electron chi connectivity index (χ4n) is 6.22. The van der Waals surface area contributed by atoms with Gasteiger partial charge in [-0.3, -0.25) is 9.97 Å². The third kappa shape index (κ3) is 3.88. The SMILES string of the molecule is Cc1nc2c3[c-]c(Oc4[c-]c5c(cc4)c4cccnc4n4cc(-c6ccccc6)nc54)ccc3c3ccccc3n2c1C.[Pt+2]. The van der Waals surface area contributed by atoms with Crippen LogP contribution in [-0.4, -0.2) is 23.8 Å². The molecule has 0 saturated heterocycles. The number of pyridine rings is 3. The normalized spacial score (nSPS) is 11.7. The zero-order valence-electron chi connectivity index (χ0n) is 23.8. The van der Waals surface area contributed by atoms with E-state index in [-0.39, 0.29) is 21.1 Å². The summed E-state index contributed by atoms with van der Waals surface area (Å²) in [7, 11) is 0. The molecule has 6 nitrogen and oxygen atoms in total. The van der Waals surface area contributed by atoms with E-state index >= 15 is 0 Å². The number of imidazole rings is 2. The van der Waals surface area contributed by atoms with E-state index in [1.165, 1.54) is 0 Å². The van der Waals surface area contributed by atoms with Gasteiger partial charge in [0.05, 0.1) is 17.0 Å². The topological polar surface area (TPSA) is 56.7 Å². The van der Waals surface area contributed by atoms with Gasteiger partial charge in [0.1, 0.15) is 5.65 Å². The van der Waals surface area contributed by atoms with Crippen LogP contribution in [0.1, 0.15) is 11.4 Å². The summed E-state index contributed by atoms with van der Waals surface area (Å²) >= 11 is 0. The van der Waals surface area contributed by atoms with Gasteiger partial charge in [-0.1, -0.05) is 100 Å². The third-order valence-corrected chi connectivity index (χ3v) is 8.37. The molecule has 5 aromatic heterocycles. The molecule has 0 unspecified atom stereocenters. The zero-order chi connectivity index (χ0) is 28.7. The van der Waals surface area contributed by atoms with Crippen LogP contribution in [0.4, 0.5) is 0 Å². The van der Waals surface area contributed by atoms with E-state index in [0.29, 0.717) is 11.5 Å². The molecule has 7 heteroatoms. The van der Waals surface area contributed by atoms with E-state index in [4.69, 9.17) is 19.7 Å². The number of fused-ring (bicyclic) bond motifs is 12. The van der Waals surface area contributed by atoms with E-state index in [1.54, 1.807) is 0 Å². The molecule has 0 bridgehead atoms. The van der Waals surface area contributed by atoms with Crippen molar-refractivity contribution < 1.29 is 25.8 Å². The Labute approximate surface area is 266 Å². The second-order valence-corrected chi connectivity index (χ2v) is 10.8.